The van der Waals surface area contributed by atoms with E-state index in [-0.39, 0.29) is 22.9 Å². The maximum absolute atomic E-state index is 12.7. The monoisotopic (exact) mass is 439 g/mol. The molecule has 0 bridgehead atoms. The molecule has 2 aliphatic rings. The van der Waals surface area contributed by atoms with Crippen LogP contribution in [-0.2, 0) is 22.6 Å². The summed E-state index contributed by atoms with van der Waals surface area (Å²) in [6.07, 6.45) is 1.92. The van der Waals surface area contributed by atoms with Crippen molar-refractivity contribution in [2.45, 2.75) is 13.0 Å². The smallest absolute Gasteiger partial charge is 0.311 e. The topological polar surface area (TPSA) is 121 Å². The summed E-state index contributed by atoms with van der Waals surface area (Å²) < 4.78 is 0. The molecule has 0 saturated carbocycles. The lowest BCUT2D eigenvalue weighted by atomic mass is 10.00. The zero-order valence-corrected chi connectivity index (χ0v) is 17.0. The molecular weight excluding hydrogens is 422 g/mol. The molecule has 4 rings (SSSR count). The fraction of sp³-hybridized carbons (Fsp3) is 0.190. The summed E-state index contributed by atoms with van der Waals surface area (Å²) in [5, 5.41) is 20.4. The molecule has 0 atom stereocenters. The van der Waals surface area contributed by atoms with Gasteiger partial charge in [0.2, 0.25) is 11.7 Å². The quantitative estimate of drug-likeness (QED) is 0.442. The molecule has 1 saturated heterocycles. The normalized spacial score (nSPS) is 17.2. The first kappa shape index (κ1) is 20.6. The number of phenolic OH excluding ortho intramolecular Hbond substituents is 1. The van der Waals surface area contributed by atoms with Crippen LogP contribution in [0.15, 0.2) is 47.4 Å². The van der Waals surface area contributed by atoms with Crippen molar-refractivity contribution in [1.82, 2.24) is 9.80 Å². The lowest BCUT2D eigenvalue weighted by Gasteiger charge is -2.29. The molecule has 2 heterocycles. The van der Waals surface area contributed by atoms with Gasteiger partial charge in [-0.2, -0.15) is 0 Å². The third-order valence-electron chi connectivity index (χ3n) is 5.18. The van der Waals surface area contributed by atoms with Crippen molar-refractivity contribution in [2.75, 3.05) is 13.1 Å². The molecule has 2 aromatic rings. The highest BCUT2D eigenvalue weighted by molar-refractivity contribution is 8.18. The van der Waals surface area contributed by atoms with Crippen LogP contribution in [0.1, 0.15) is 16.7 Å². The number of amides is 3. The number of imide groups is 1. The van der Waals surface area contributed by atoms with Crippen LogP contribution in [0.3, 0.4) is 0 Å². The molecule has 2 aliphatic heterocycles. The van der Waals surface area contributed by atoms with Crippen molar-refractivity contribution in [3.05, 3.63) is 74.2 Å². The Labute approximate surface area is 181 Å². The largest absolute Gasteiger partial charge is 0.502 e. The Balaban J connectivity index is 1.49. The van der Waals surface area contributed by atoms with E-state index in [0.717, 1.165) is 16.5 Å². The summed E-state index contributed by atoms with van der Waals surface area (Å²) in [7, 11) is 0. The van der Waals surface area contributed by atoms with Crippen LogP contribution < -0.4 is 0 Å². The van der Waals surface area contributed by atoms with E-state index in [4.69, 9.17) is 0 Å². The van der Waals surface area contributed by atoms with Gasteiger partial charge >= 0.3 is 5.69 Å². The molecule has 3 amide bonds. The molecule has 1 fully saturated rings. The number of nitrogens with zero attached hydrogens (tertiary/aromatic N) is 3. The van der Waals surface area contributed by atoms with E-state index in [2.05, 4.69) is 0 Å². The van der Waals surface area contributed by atoms with Gasteiger partial charge in [-0.3, -0.25) is 29.4 Å². The SMILES string of the molecule is O=C(CN1C(=O)S/C(=C\c2cccc([N+](=O)[O-])c2O)C1=O)N1CCc2ccccc2C1. The van der Waals surface area contributed by atoms with Crippen molar-refractivity contribution in [2.24, 2.45) is 0 Å². The Bertz CT molecular complexity index is 1150. The van der Waals surface area contributed by atoms with E-state index in [1.807, 2.05) is 24.3 Å². The minimum absolute atomic E-state index is 0.0161. The number of hydrogen-bond donors (Lipinski definition) is 1. The first-order valence-corrected chi connectivity index (χ1v) is 10.2. The van der Waals surface area contributed by atoms with Gasteiger partial charge in [-0.05, 0) is 35.4 Å². The molecule has 9 nitrogen and oxygen atoms in total. The Morgan fingerprint density at radius 3 is 2.65 bits per heavy atom. The number of hydrogen-bond acceptors (Lipinski definition) is 7. The number of fused-ring (bicyclic) bond motifs is 1. The summed E-state index contributed by atoms with van der Waals surface area (Å²) in [6.45, 7) is 0.539. The summed E-state index contributed by atoms with van der Waals surface area (Å²) in [6, 6.07) is 11.7. The highest BCUT2D eigenvalue weighted by Gasteiger charge is 2.37. The summed E-state index contributed by atoms with van der Waals surface area (Å²) in [5.41, 5.74) is 1.75. The highest BCUT2D eigenvalue weighted by atomic mass is 32.2. The van der Waals surface area contributed by atoms with Gasteiger partial charge in [0, 0.05) is 24.7 Å². The van der Waals surface area contributed by atoms with Crippen LogP contribution in [0.25, 0.3) is 6.08 Å². The van der Waals surface area contributed by atoms with Crippen molar-refractivity contribution >= 4 is 40.6 Å². The van der Waals surface area contributed by atoms with E-state index in [9.17, 15) is 29.6 Å². The maximum atomic E-state index is 12.7. The Hall–Kier alpha value is -3.66. The average Bonchev–Trinajstić information content (AvgIpc) is 3.02. The van der Waals surface area contributed by atoms with Crippen LogP contribution in [0.2, 0.25) is 0 Å². The molecule has 0 unspecified atom stereocenters. The first-order valence-electron chi connectivity index (χ1n) is 9.41. The van der Waals surface area contributed by atoms with Crippen LogP contribution in [0.5, 0.6) is 5.75 Å². The van der Waals surface area contributed by atoms with Gasteiger partial charge in [-0.25, -0.2) is 0 Å². The number of nitro benzene ring substituents is 1. The zero-order chi connectivity index (χ0) is 22.1. The molecule has 1 N–H and O–H groups in total. The standard InChI is InChI=1S/C21H17N3O6S/c25-18(22-9-8-13-4-1-2-5-15(13)11-22)12-23-20(27)17(31-21(23)28)10-14-6-3-7-16(19(14)26)24(29)30/h1-7,10,26H,8-9,11-12H2/b17-10-. The number of para-hydroxylation sites is 1. The number of nitro groups is 1. The van der Waals surface area contributed by atoms with Crippen molar-refractivity contribution in [3.63, 3.8) is 0 Å². The van der Waals surface area contributed by atoms with Gasteiger partial charge in [0.25, 0.3) is 11.1 Å². The predicted molar refractivity (Wildman–Crippen MR) is 113 cm³/mol. The summed E-state index contributed by atoms with van der Waals surface area (Å²) >= 11 is 0.624. The van der Waals surface area contributed by atoms with Crippen molar-refractivity contribution < 1.29 is 24.4 Å². The Kier molecular flexibility index (Phi) is 5.47. The molecule has 10 heteroatoms. The average molecular weight is 439 g/mol. The first-order chi connectivity index (χ1) is 14.8. The van der Waals surface area contributed by atoms with Gasteiger partial charge in [0.15, 0.2) is 0 Å². The van der Waals surface area contributed by atoms with E-state index in [0.29, 0.717) is 31.3 Å². The summed E-state index contributed by atoms with van der Waals surface area (Å²) in [5.74, 6) is -1.61. The van der Waals surface area contributed by atoms with E-state index in [1.54, 1.807) is 4.90 Å². The van der Waals surface area contributed by atoms with Gasteiger partial charge in [0.1, 0.15) is 6.54 Å². The summed E-state index contributed by atoms with van der Waals surface area (Å²) in [4.78, 5) is 50.5. The van der Waals surface area contributed by atoms with Gasteiger partial charge in [-0.15, -0.1) is 0 Å². The Morgan fingerprint density at radius 1 is 1.16 bits per heavy atom. The van der Waals surface area contributed by atoms with E-state index < -0.39 is 27.5 Å². The molecule has 0 aromatic heterocycles. The number of aromatic hydroxyl groups is 1. The fourth-order valence-electron chi connectivity index (χ4n) is 3.53. The minimum atomic E-state index is -0.742. The third kappa shape index (κ3) is 4.02. The second-order valence-corrected chi connectivity index (χ2v) is 8.07. The number of carbonyl (C=O) groups is 3. The van der Waals surface area contributed by atoms with E-state index >= 15 is 0 Å². The molecule has 2 aromatic carbocycles. The van der Waals surface area contributed by atoms with Crippen LogP contribution in [0, 0.1) is 10.1 Å². The lowest BCUT2D eigenvalue weighted by molar-refractivity contribution is -0.385. The van der Waals surface area contributed by atoms with Gasteiger partial charge in [-0.1, -0.05) is 36.4 Å². The predicted octanol–water partition coefficient (Wildman–Crippen LogP) is 2.92. The molecule has 31 heavy (non-hydrogen) atoms. The zero-order valence-electron chi connectivity index (χ0n) is 16.2. The number of benzene rings is 2. The molecule has 0 spiro atoms. The molecular formula is C21H17N3O6S. The van der Waals surface area contributed by atoms with Crippen LogP contribution >= 0.6 is 11.8 Å². The van der Waals surface area contributed by atoms with Gasteiger partial charge < -0.3 is 10.0 Å². The number of rotatable bonds is 4. The maximum Gasteiger partial charge on any atom is 0.311 e. The third-order valence-corrected chi connectivity index (χ3v) is 6.09. The van der Waals surface area contributed by atoms with E-state index in [1.165, 1.54) is 23.8 Å². The number of thioether (sulfide) groups is 1. The lowest BCUT2D eigenvalue weighted by Crippen LogP contribution is -2.44. The molecule has 158 valence electrons. The second-order valence-electron chi connectivity index (χ2n) is 7.07. The van der Waals surface area contributed by atoms with Crippen LogP contribution in [-0.4, -0.2) is 50.0 Å². The minimum Gasteiger partial charge on any atom is -0.502 e. The Morgan fingerprint density at radius 2 is 1.90 bits per heavy atom. The van der Waals surface area contributed by atoms with Crippen molar-refractivity contribution in [3.8, 4) is 5.75 Å². The van der Waals surface area contributed by atoms with Crippen LogP contribution in [0.4, 0.5) is 10.5 Å². The fourth-order valence-corrected chi connectivity index (χ4v) is 4.36. The molecule has 0 aliphatic carbocycles. The number of carbonyl (C=O) groups excluding carboxylic acids is 3. The molecule has 0 radical (unpaired) electrons. The highest BCUT2D eigenvalue weighted by Crippen LogP contribution is 2.36. The number of phenols is 1. The van der Waals surface area contributed by atoms with Crippen molar-refractivity contribution in [1.29, 1.82) is 0 Å². The van der Waals surface area contributed by atoms with Gasteiger partial charge in [0.05, 0.1) is 9.83 Å². The second kappa shape index (κ2) is 8.23.